The van der Waals surface area contributed by atoms with Crippen molar-refractivity contribution in [3.05, 3.63) is 33.8 Å². The van der Waals surface area contributed by atoms with Gasteiger partial charge in [0, 0.05) is 16.8 Å². The van der Waals surface area contributed by atoms with E-state index in [2.05, 4.69) is 46.4 Å². The first-order chi connectivity index (χ1) is 9.82. The van der Waals surface area contributed by atoms with E-state index in [0.717, 1.165) is 30.2 Å². The zero-order chi connectivity index (χ0) is 15.6. The van der Waals surface area contributed by atoms with Crippen LogP contribution in [0.15, 0.2) is 22.7 Å². The summed E-state index contributed by atoms with van der Waals surface area (Å²) in [5.41, 5.74) is 2.44. The normalized spacial score (nSPS) is 24.8. The topological polar surface area (TPSA) is 46.2 Å². The Labute approximate surface area is 136 Å². The molecule has 5 heteroatoms. The van der Waals surface area contributed by atoms with Crippen molar-refractivity contribution >= 4 is 25.8 Å². The molecule has 1 aromatic rings. The van der Waals surface area contributed by atoms with Crippen LogP contribution in [-0.2, 0) is 9.84 Å². The molecule has 1 fully saturated rings. The zero-order valence-corrected chi connectivity index (χ0v) is 15.3. The van der Waals surface area contributed by atoms with Gasteiger partial charge in [0.25, 0.3) is 0 Å². The fourth-order valence-corrected chi connectivity index (χ4v) is 5.33. The van der Waals surface area contributed by atoms with Gasteiger partial charge in [-0.05, 0) is 56.3 Å². The molecule has 0 radical (unpaired) electrons. The Morgan fingerprint density at radius 2 is 2.05 bits per heavy atom. The minimum absolute atomic E-state index is 0.184. The second kappa shape index (κ2) is 6.80. The van der Waals surface area contributed by atoms with Crippen molar-refractivity contribution in [1.82, 2.24) is 5.32 Å². The maximum Gasteiger partial charge on any atom is 0.150 e. The lowest BCUT2D eigenvalue weighted by Gasteiger charge is -2.34. The summed E-state index contributed by atoms with van der Waals surface area (Å²) in [4.78, 5) is 0. The Balaban J connectivity index is 2.24. The molecule has 1 saturated carbocycles. The molecule has 0 saturated heterocycles. The van der Waals surface area contributed by atoms with Crippen LogP contribution in [0.1, 0.15) is 42.9 Å². The first-order valence-electron chi connectivity index (χ1n) is 7.45. The minimum Gasteiger partial charge on any atom is -0.313 e. The van der Waals surface area contributed by atoms with E-state index in [1.165, 1.54) is 17.4 Å². The van der Waals surface area contributed by atoms with Gasteiger partial charge in [0.05, 0.1) is 5.25 Å². The molecule has 3 nitrogen and oxygen atoms in total. The van der Waals surface area contributed by atoms with Gasteiger partial charge in [-0.1, -0.05) is 34.5 Å². The summed E-state index contributed by atoms with van der Waals surface area (Å²) in [6, 6.07) is 6.58. The molecule has 3 unspecified atom stereocenters. The third-order valence-electron chi connectivity index (χ3n) is 4.55. The number of hydrogen-bond donors (Lipinski definition) is 1. The highest BCUT2D eigenvalue weighted by molar-refractivity contribution is 9.10. The van der Waals surface area contributed by atoms with Crippen LogP contribution in [0.25, 0.3) is 0 Å². The molecule has 3 atom stereocenters. The maximum absolute atomic E-state index is 11.9. The summed E-state index contributed by atoms with van der Waals surface area (Å²) in [5, 5.41) is 3.21. The molecule has 118 valence electrons. The molecule has 0 amide bonds. The Hall–Kier alpha value is -0.390. The highest BCUT2D eigenvalue weighted by Crippen LogP contribution is 2.38. The van der Waals surface area contributed by atoms with E-state index in [9.17, 15) is 8.42 Å². The molecule has 1 N–H and O–H groups in total. The van der Waals surface area contributed by atoms with Gasteiger partial charge in [0.2, 0.25) is 0 Å². The lowest BCUT2D eigenvalue weighted by Crippen LogP contribution is -2.34. The standard InChI is InChI=1S/C16H24BrNO2S/c1-11-7-8-14(15(17)9-11)16(18-2)12-5-4-6-13(10-12)21(3,19)20/h7-9,12-13,16,18H,4-6,10H2,1-3H3. The fraction of sp³-hybridized carbons (Fsp3) is 0.625. The van der Waals surface area contributed by atoms with Crippen molar-refractivity contribution in [3.8, 4) is 0 Å². The molecule has 0 aromatic heterocycles. The van der Waals surface area contributed by atoms with Gasteiger partial charge in [-0.15, -0.1) is 0 Å². The van der Waals surface area contributed by atoms with E-state index in [1.54, 1.807) is 0 Å². The van der Waals surface area contributed by atoms with Crippen molar-refractivity contribution in [2.24, 2.45) is 5.92 Å². The lowest BCUT2D eigenvalue weighted by atomic mass is 9.81. The van der Waals surface area contributed by atoms with Gasteiger partial charge in [-0.3, -0.25) is 0 Å². The van der Waals surface area contributed by atoms with E-state index >= 15 is 0 Å². The predicted molar refractivity (Wildman–Crippen MR) is 91.3 cm³/mol. The van der Waals surface area contributed by atoms with Crippen LogP contribution < -0.4 is 5.32 Å². The van der Waals surface area contributed by atoms with Crippen LogP contribution in [0.4, 0.5) is 0 Å². The van der Waals surface area contributed by atoms with Crippen LogP contribution in [-0.4, -0.2) is 27.0 Å². The van der Waals surface area contributed by atoms with Gasteiger partial charge in [-0.2, -0.15) is 0 Å². The smallest absolute Gasteiger partial charge is 0.150 e. The van der Waals surface area contributed by atoms with Gasteiger partial charge in [0.15, 0.2) is 0 Å². The Morgan fingerprint density at radius 1 is 1.33 bits per heavy atom. The van der Waals surface area contributed by atoms with Crippen LogP contribution in [0.3, 0.4) is 0 Å². The number of rotatable bonds is 4. The Morgan fingerprint density at radius 3 is 2.62 bits per heavy atom. The molecule has 2 rings (SSSR count). The fourth-order valence-electron chi connectivity index (χ4n) is 3.40. The highest BCUT2D eigenvalue weighted by atomic mass is 79.9. The van der Waals surface area contributed by atoms with Gasteiger partial charge in [-0.25, -0.2) is 8.42 Å². The monoisotopic (exact) mass is 373 g/mol. The van der Waals surface area contributed by atoms with E-state index in [1.807, 2.05) is 7.05 Å². The first-order valence-corrected chi connectivity index (χ1v) is 10.2. The first kappa shape index (κ1) is 17.0. The quantitative estimate of drug-likeness (QED) is 0.876. The summed E-state index contributed by atoms with van der Waals surface area (Å²) >= 11 is 3.65. The van der Waals surface area contributed by atoms with Crippen molar-refractivity contribution in [2.75, 3.05) is 13.3 Å². The molecule has 1 aliphatic rings. The minimum atomic E-state index is -2.94. The molecule has 1 aliphatic carbocycles. The second-order valence-corrected chi connectivity index (χ2v) is 9.35. The summed E-state index contributed by atoms with van der Waals surface area (Å²) < 4.78 is 24.8. The van der Waals surface area contributed by atoms with Crippen molar-refractivity contribution in [1.29, 1.82) is 0 Å². The SMILES string of the molecule is CNC(c1ccc(C)cc1Br)C1CCCC(S(C)(=O)=O)C1. The van der Waals surface area contributed by atoms with Crippen LogP contribution in [0.5, 0.6) is 0 Å². The summed E-state index contributed by atoms with van der Waals surface area (Å²) in [6.07, 6.45) is 5.00. The number of sulfone groups is 1. The molecule has 1 aromatic carbocycles. The van der Waals surface area contributed by atoms with Gasteiger partial charge >= 0.3 is 0 Å². The molecule has 0 aliphatic heterocycles. The third kappa shape index (κ3) is 4.08. The van der Waals surface area contributed by atoms with Crippen LogP contribution in [0.2, 0.25) is 0 Å². The van der Waals surface area contributed by atoms with Crippen LogP contribution in [0, 0.1) is 12.8 Å². The summed E-state index contributed by atoms with van der Waals surface area (Å²) in [5.74, 6) is 0.363. The highest BCUT2D eigenvalue weighted by Gasteiger charge is 2.33. The third-order valence-corrected chi connectivity index (χ3v) is 6.87. The van der Waals surface area contributed by atoms with Gasteiger partial charge < -0.3 is 5.32 Å². The van der Waals surface area contributed by atoms with Gasteiger partial charge in [0.1, 0.15) is 9.84 Å². The Kier molecular flexibility index (Phi) is 5.49. The number of halogens is 1. The largest absolute Gasteiger partial charge is 0.313 e. The number of benzene rings is 1. The average molecular weight is 374 g/mol. The molecular formula is C16H24BrNO2S. The maximum atomic E-state index is 11.9. The lowest BCUT2D eigenvalue weighted by molar-refractivity contribution is 0.282. The van der Waals surface area contributed by atoms with Crippen molar-refractivity contribution in [2.45, 2.75) is 43.9 Å². The molecule has 21 heavy (non-hydrogen) atoms. The van der Waals surface area contributed by atoms with E-state index in [0.29, 0.717) is 5.92 Å². The number of aryl methyl sites for hydroxylation is 1. The molecule has 0 bridgehead atoms. The molecular weight excluding hydrogens is 350 g/mol. The van der Waals surface area contributed by atoms with Crippen molar-refractivity contribution in [3.63, 3.8) is 0 Å². The summed E-state index contributed by atoms with van der Waals surface area (Å²) in [6.45, 7) is 2.07. The predicted octanol–water partition coefficient (Wildman–Crippen LogP) is 3.62. The summed E-state index contributed by atoms with van der Waals surface area (Å²) in [7, 11) is -0.980. The zero-order valence-electron chi connectivity index (χ0n) is 12.9. The van der Waals surface area contributed by atoms with E-state index in [4.69, 9.17) is 0 Å². The Bertz CT molecular complexity index is 600. The molecule has 0 heterocycles. The number of nitrogens with one attached hydrogen (secondary N) is 1. The van der Waals surface area contributed by atoms with E-state index in [-0.39, 0.29) is 11.3 Å². The van der Waals surface area contributed by atoms with Crippen LogP contribution >= 0.6 is 15.9 Å². The molecule has 0 spiro atoms. The number of hydrogen-bond acceptors (Lipinski definition) is 3. The second-order valence-electron chi connectivity index (χ2n) is 6.17. The van der Waals surface area contributed by atoms with Crippen molar-refractivity contribution < 1.29 is 8.42 Å². The average Bonchev–Trinajstić information content (AvgIpc) is 2.41. The van der Waals surface area contributed by atoms with E-state index < -0.39 is 9.84 Å².